The van der Waals surface area contributed by atoms with Crippen molar-refractivity contribution in [2.45, 2.75) is 23.2 Å². The van der Waals surface area contributed by atoms with E-state index in [9.17, 15) is 8.42 Å². The van der Waals surface area contributed by atoms with Crippen LogP contribution in [0.25, 0.3) is 0 Å². The van der Waals surface area contributed by atoms with Gasteiger partial charge in [-0.25, -0.2) is 8.42 Å². The van der Waals surface area contributed by atoms with E-state index in [1.165, 1.54) is 16.1 Å². The van der Waals surface area contributed by atoms with Crippen molar-refractivity contribution in [3.8, 4) is 0 Å². The first-order valence-corrected chi connectivity index (χ1v) is 8.73. The van der Waals surface area contributed by atoms with Gasteiger partial charge in [0.2, 0.25) is 0 Å². The highest BCUT2D eigenvalue weighted by atomic mass is 35.5. The summed E-state index contributed by atoms with van der Waals surface area (Å²) >= 11 is 5.77. The molecule has 3 rings (SSSR count). The fourth-order valence-electron chi connectivity index (χ4n) is 2.69. The molecule has 1 aromatic heterocycles. The number of benzene rings is 1. The summed E-state index contributed by atoms with van der Waals surface area (Å²) in [5.41, 5.74) is 1.69. The number of hydrogen-bond acceptors (Lipinski definition) is 3. The Balaban J connectivity index is 1.83. The van der Waals surface area contributed by atoms with Gasteiger partial charge in [0.25, 0.3) is 10.0 Å². The number of alkyl halides is 1. The SMILES string of the molecule is O=S(=O)(c1[nH]ncc1CCl)N1CCC(c2ccccc2)C1. The van der Waals surface area contributed by atoms with Crippen molar-refractivity contribution in [1.82, 2.24) is 14.5 Å². The van der Waals surface area contributed by atoms with Gasteiger partial charge in [-0.15, -0.1) is 11.6 Å². The highest BCUT2D eigenvalue weighted by Gasteiger charge is 2.35. The average molecular weight is 326 g/mol. The van der Waals surface area contributed by atoms with Gasteiger partial charge in [-0.1, -0.05) is 30.3 Å². The van der Waals surface area contributed by atoms with Crippen LogP contribution in [0, 0.1) is 0 Å². The minimum Gasteiger partial charge on any atom is -0.266 e. The van der Waals surface area contributed by atoms with E-state index < -0.39 is 10.0 Å². The van der Waals surface area contributed by atoms with Crippen LogP contribution >= 0.6 is 11.6 Å². The lowest BCUT2D eigenvalue weighted by Crippen LogP contribution is -2.29. The van der Waals surface area contributed by atoms with E-state index in [1.54, 1.807) is 0 Å². The average Bonchev–Trinajstić information content (AvgIpc) is 3.17. The maximum absolute atomic E-state index is 12.6. The van der Waals surface area contributed by atoms with Gasteiger partial charge in [0, 0.05) is 18.7 Å². The number of sulfonamides is 1. The first-order chi connectivity index (χ1) is 10.1. The van der Waals surface area contributed by atoms with Crippen molar-refractivity contribution in [2.24, 2.45) is 0 Å². The number of hydrogen-bond donors (Lipinski definition) is 1. The van der Waals surface area contributed by atoms with Crippen LogP contribution in [0.3, 0.4) is 0 Å². The number of aromatic nitrogens is 2. The van der Waals surface area contributed by atoms with Gasteiger partial charge in [-0.2, -0.15) is 9.40 Å². The molecule has 0 radical (unpaired) electrons. The first-order valence-electron chi connectivity index (χ1n) is 6.76. The third-order valence-corrected chi connectivity index (χ3v) is 6.01. The molecular weight excluding hydrogens is 310 g/mol. The second kappa shape index (κ2) is 5.79. The van der Waals surface area contributed by atoms with E-state index in [2.05, 4.69) is 10.2 Å². The zero-order valence-corrected chi connectivity index (χ0v) is 12.9. The van der Waals surface area contributed by atoms with Crippen LogP contribution in [0.1, 0.15) is 23.5 Å². The summed E-state index contributed by atoms with van der Waals surface area (Å²) in [6.07, 6.45) is 2.29. The number of halogens is 1. The normalized spacial score (nSPS) is 20.0. The first kappa shape index (κ1) is 14.6. The molecule has 1 fully saturated rings. The number of nitrogens with one attached hydrogen (secondary N) is 1. The van der Waals surface area contributed by atoms with E-state index in [0.717, 1.165) is 6.42 Å². The standard InChI is InChI=1S/C14H16ClN3O2S/c15-8-13-9-16-17-14(13)21(19,20)18-7-6-12(10-18)11-4-2-1-3-5-11/h1-5,9,12H,6-8,10H2,(H,16,17). The van der Waals surface area contributed by atoms with E-state index in [-0.39, 0.29) is 16.8 Å². The summed E-state index contributed by atoms with van der Waals surface area (Å²) in [6, 6.07) is 10.0. The molecule has 1 unspecified atom stereocenters. The van der Waals surface area contributed by atoms with Crippen molar-refractivity contribution in [3.05, 3.63) is 47.7 Å². The molecule has 1 N–H and O–H groups in total. The lowest BCUT2D eigenvalue weighted by atomic mass is 9.99. The molecule has 1 aliphatic heterocycles. The number of rotatable bonds is 4. The summed E-state index contributed by atoms with van der Waals surface area (Å²) in [5, 5.41) is 6.47. The summed E-state index contributed by atoms with van der Waals surface area (Å²) in [5.74, 6) is 0.365. The molecule has 1 saturated heterocycles. The van der Waals surface area contributed by atoms with Gasteiger partial charge in [-0.3, -0.25) is 5.10 Å². The summed E-state index contributed by atoms with van der Waals surface area (Å²) in [4.78, 5) is 0. The maximum Gasteiger partial charge on any atom is 0.260 e. The molecule has 1 aromatic carbocycles. The molecule has 1 aliphatic rings. The summed E-state index contributed by atoms with van der Waals surface area (Å²) in [6.45, 7) is 1.01. The lowest BCUT2D eigenvalue weighted by Gasteiger charge is -2.16. The molecule has 5 nitrogen and oxygen atoms in total. The monoisotopic (exact) mass is 325 g/mol. The van der Waals surface area contributed by atoms with Crippen molar-refractivity contribution >= 4 is 21.6 Å². The molecule has 0 saturated carbocycles. The smallest absolute Gasteiger partial charge is 0.260 e. The summed E-state index contributed by atoms with van der Waals surface area (Å²) in [7, 11) is -3.55. The van der Waals surface area contributed by atoms with E-state index in [1.807, 2.05) is 30.3 Å². The van der Waals surface area contributed by atoms with Crippen LogP contribution in [0.5, 0.6) is 0 Å². The number of nitrogens with zero attached hydrogens (tertiary/aromatic N) is 2. The van der Waals surface area contributed by atoms with Crippen LogP contribution < -0.4 is 0 Å². The Kier molecular flexibility index (Phi) is 4.01. The molecule has 0 aliphatic carbocycles. The van der Waals surface area contributed by atoms with Crippen molar-refractivity contribution in [2.75, 3.05) is 13.1 Å². The molecule has 0 spiro atoms. The summed E-state index contributed by atoms with van der Waals surface area (Å²) < 4.78 is 26.8. The van der Waals surface area contributed by atoms with Gasteiger partial charge in [-0.05, 0) is 17.9 Å². The molecule has 0 bridgehead atoms. The van der Waals surface area contributed by atoms with Crippen LogP contribution in [-0.2, 0) is 15.9 Å². The molecule has 1 atom stereocenters. The van der Waals surface area contributed by atoms with E-state index in [4.69, 9.17) is 11.6 Å². The third kappa shape index (κ3) is 2.71. The molecule has 112 valence electrons. The molecular formula is C14H16ClN3O2S. The number of aromatic amines is 1. The Labute approximate surface area is 129 Å². The highest BCUT2D eigenvalue weighted by Crippen LogP contribution is 2.31. The minimum atomic E-state index is -3.55. The van der Waals surface area contributed by atoms with Gasteiger partial charge < -0.3 is 0 Å². The Bertz CT molecular complexity index is 715. The molecule has 2 heterocycles. The lowest BCUT2D eigenvalue weighted by molar-refractivity contribution is 0.469. The zero-order chi connectivity index (χ0) is 14.9. The number of H-pyrrole nitrogens is 1. The second-order valence-corrected chi connectivity index (χ2v) is 7.26. The molecule has 7 heteroatoms. The highest BCUT2D eigenvalue weighted by molar-refractivity contribution is 7.89. The van der Waals surface area contributed by atoms with Crippen molar-refractivity contribution in [3.63, 3.8) is 0 Å². The Morgan fingerprint density at radius 1 is 1.33 bits per heavy atom. The topological polar surface area (TPSA) is 66.1 Å². The van der Waals surface area contributed by atoms with E-state index in [0.29, 0.717) is 18.7 Å². The Morgan fingerprint density at radius 3 is 2.81 bits per heavy atom. The predicted molar refractivity (Wildman–Crippen MR) is 80.7 cm³/mol. The fraction of sp³-hybridized carbons (Fsp3) is 0.357. The maximum atomic E-state index is 12.6. The second-order valence-electron chi connectivity index (χ2n) is 5.12. The van der Waals surface area contributed by atoms with Crippen LogP contribution in [0.15, 0.2) is 41.6 Å². The van der Waals surface area contributed by atoms with Gasteiger partial charge in [0.05, 0.1) is 12.1 Å². The van der Waals surface area contributed by atoms with Gasteiger partial charge in [0.15, 0.2) is 5.03 Å². The molecule has 2 aromatic rings. The minimum absolute atomic E-state index is 0.117. The van der Waals surface area contributed by atoms with Crippen LogP contribution in [0.2, 0.25) is 0 Å². The Hall–Kier alpha value is -1.37. The largest absolute Gasteiger partial charge is 0.266 e. The van der Waals surface area contributed by atoms with Gasteiger partial charge >= 0.3 is 0 Å². The third-order valence-electron chi connectivity index (χ3n) is 3.84. The zero-order valence-electron chi connectivity index (χ0n) is 11.4. The van der Waals surface area contributed by atoms with Crippen LogP contribution in [-0.4, -0.2) is 36.0 Å². The fourth-order valence-corrected chi connectivity index (χ4v) is 4.58. The van der Waals surface area contributed by atoms with Crippen molar-refractivity contribution in [1.29, 1.82) is 0 Å². The van der Waals surface area contributed by atoms with Gasteiger partial charge in [0.1, 0.15) is 0 Å². The predicted octanol–water partition coefficient (Wildman–Crippen LogP) is 2.33. The quantitative estimate of drug-likeness (QED) is 0.877. The Morgan fingerprint density at radius 2 is 2.10 bits per heavy atom. The van der Waals surface area contributed by atoms with Crippen molar-refractivity contribution < 1.29 is 8.42 Å². The van der Waals surface area contributed by atoms with Crippen LogP contribution in [0.4, 0.5) is 0 Å². The van der Waals surface area contributed by atoms with E-state index >= 15 is 0 Å². The molecule has 0 amide bonds. The molecule has 21 heavy (non-hydrogen) atoms.